The fourth-order valence-electron chi connectivity index (χ4n) is 0. The second-order valence-corrected chi connectivity index (χ2v) is 0.447. The molecule has 0 aliphatic heterocycles. The van der Waals surface area contributed by atoms with Crippen LogP contribution >= 0.6 is 13.5 Å². The summed E-state index contributed by atoms with van der Waals surface area (Å²) in [5.74, 6) is 0. The molecule has 0 unspecified atom stereocenters. The maximum absolute atomic E-state index is 7.62. The normalized spacial score (nSPS) is 5.00. The minimum absolute atomic E-state index is 0. The molecule has 2 N–H and O–H groups in total. The number of hydrogen-bond donors (Lipinski definition) is 2. The second kappa shape index (κ2) is 16.3. The predicted octanol–water partition coefficient (Wildman–Crippen LogP) is -1.56. The summed E-state index contributed by atoms with van der Waals surface area (Å²) in [4.78, 5) is 0. The van der Waals surface area contributed by atoms with Crippen molar-refractivity contribution >= 4 is 43.1 Å². The third kappa shape index (κ3) is 18.6. The maximum atomic E-state index is 7.62. The van der Waals surface area contributed by atoms with Crippen LogP contribution < -0.4 is 0 Å². The van der Waals surface area contributed by atoms with Crippen LogP contribution in [0.2, 0.25) is 0 Å². The van der Waals surface area contributed by atoms with Crippen molar-refractivity contribution in [1.82, 2.24) is 0 Å². The number of rotatable bonds is 1. The van der Waals surface area contributed by atoms with Crippen molar-refractivity contribution < 1.29 is 10.2 Å². The van der Waals surface area contributed by atoms with Crippen LogP contribution in [-0.4, -0.2) is 53.0 Å². The molecule has 0 aliphatic carbocycles. The second-order valence-electron chi connectivity index (χ2n) is 0.447. The summed E-state index contributed by atoms with van der Waals surface area (Å²) < 4.78 is 0. The van der Waals surface area contributed by atoms with E-state index in [4.69, 9.17) is 10.2 Å². The van der Waals surface area contributed by atoms with Crippen LogP contribution in [0.4, 0.5) is 0 Å². The van der Waals surface area contributed by atoms with Crippen molar-refractivity contribution in [2.45, 2.75) is 0 Å². The van der Waals surface area contributed by atoms with E-state index in [2.05, 4.69) is 0 Å². The molecule has 6 heavy (non-hydrogen) atoms. The van der Waals surface area contributed by atoms with Crippen molar-refractivity contribution in [2.24, 2.45) is 0 Å². The van der Waals surface area contributed by atoms with E-state index < -0.39 is 0 Å². The van der Waals surface area contributed by atoms with Crippen molar-refractivity contribution in [3.05, 3.63) is 0 Å². The molecule has 4 heteroatoms. The summed E-state index contributed by atoms with van der Waals surface area (Å²) in [6.45, 7) is -0.250. The standard InChI is InChI=1S/C2H6O2.Na.H2S.H/c3-1-2-4;;;/h3-4H,1-2H2;;1H2;. The quantitative estimate of drug-likeness (QED) is 0.411. The van der Waals surface area contributed by atoms with E-state index in [1.165, 1.54) is 0 Å². The fraction of sp³-hybridized carbons (Fsp3) is 1.00. The van der Waals surface area contributed by atoms with Crippen molar-refractivity contribution in [2.75, 3.05) is 13.2 Å². The number of aliphatic hydroxyl groups excluding tert-OH is 2. The molecule has 0 aromatic carbocycles. The Morgan fingerprint density at radius 3 is 1.17 bits per heavy atom. The molecule has 0 amide bonds. The van der Waals surface area contributed by atoms with Crippen LogP contribution in [0.3, 0.4) is 0 Å². The molecule has 36 valence electrons. The first-order valence-corrected chi connectivity index (χ1v) is 1.13. The zero-order valence-electron chi connectivity index (χ0n) is 2.81. The van der Waals surface area contributed by atoms with Gasteiger partial charge in [-0.15, -0.1) is 0 Å². The Kier molecular flexibility index (Phi) is 42.5. The Labute approximate surface area is 66.3 Å². The summed E-state index contributed by atoms with van der Waals surface area (Å²) in [6, 6.07) is 0. The van der Waals surface area contributed by atoms with Gasteiger partial charge in [0.15, 0.2) is 0 Å². The summed E-state index contributed by atoms with van der Waals surface area (Å²) in [5.41, 5.74) is 0. The number of hydrogen-bond acceptors (Lipinski definition) is 2. The van der Waals surface area contributed by atoms with Gasteiger partial charge < -0.3 is 10.2 Å². The van der Waals surface area contributed by atoms with E-state index >= 15 is 0 Å². The van der Waals surface area contributed by atoms with Gasteiger partial charge in [0.05, 0.1) is 13.2 Å². The van der Waals surface area contributed by atoms with E-state index in [1.54, 1.807) is 0 Å². The molecule has 0 aliphatic rings. The molecule has 0 aromatic rings. The van der Waals surface area contributed by atoms with E-state index in [9.17, 15) is 0 Å². The molecule has 0 saturated heterocycles. The van der Waals surface area contributed by atoms with Gasteiger partial charge in [-0.25, -0.2) is 0 Å². The van der Waals surface area contributed by atoms with E-state index in [0.29, 0.717) is 0 Å². The first-order valence-electron chi connectivity index (χ1n) is 1.13. The molecular formula is C2H9NaO2S. The van der Waals surface area contributed by atoms with E-state index in [1.807, 2.05) is 0 Å². The third-order valence-corrected chi connectivity index (χ3v) is 0.1000. The van der Waals surface area contributed by atoms with Crippen molar-refractivity contribution in [1.29, 1.82) is 0 Å². The Bertz CT molecular complexity index is 13.5. The van der Waals surface area contributed by atoms with Gasteiger partial charge in [-0.05, 0) is 0 Å². The van der Waals surface area contributed by atoms with Crippen LogP contribution in [0, 0.1) is 0 Å². The first-order chi connectivity index (χ1) is 1.91. The van der Waals surface area contributed by atoms with Crippen LogP contribution in [-0.2, 0) is 0 Å². The summed E-state index contributed by atoms with van der Waals surface area (Å²) in [7, 11) is 0. The number of aliphatic hydroxyl groups is 2. The molecule has 0 spiro atoms. The summed E-state index contributed by atoms with van der Waals surface area (Å²) >= 11 is 0. The Morgan fingerprint density at radius 2 is 1.17 bits per heavy atom. The third-order valence-electron chi connectivity index (χ3n) is 0.1000. The molecule has 0 rings (SSSR count). The van der Waals surface area contributed by atoms with Gasteiger partial charge in [0, 0.05) is 0 Å². The van der Waals surface area contributed by atoms with Crippen LogP contribution in [0.5, 0.6) is 0 Å². The zero-order valence-corrected chi connectivity index (χ0v) is 3.81. The average Bonchev–Trinajstić information content (AvgIpc) is 1.37. The van der Waals surface area contributed by atoms with Crippen LogP contribution in [0.15, 0.2) is 0 Å². The molecule has 0 atom stereocenters. The minimum atomic E-state index is -0.125. The molecule has 0 radical (unpaired) electrons. The zero-order chi connectivity index (χ0) is 3.41. The fourth-order valence-corrected chi connectivity index (χ4v) is 0. The molecule has 0 aromatic heterocycles. The molecule has 0 saturated carbocycles. The Balaban J connectivity index is -0.0000000450. The van der Waals surface area contributed by atoms with Crippen LogP contribution in [0.1, 0.15) is 0 Å². The summed E-state index contributed by atoms with van der Waals surface area (Å²) in [6.07, 6.45) is 0. The van der Waals surface area contributed by atoms with Gasteiger partial charge in [0.1, 0.15) is 0 Å². The van der Waals surface area contributed by atoms with E-state index in [0.717, 1.165) is 0 Å². The van der Waals surface area contributed by atoms with Gasteiger partial charge >= 0.3 is 29.6 Å². The molecule has 0 fully saturated rings. The SMILES string of the molecule is OCCO.S.[NaH]. The van der Waals surface area contributed by atoms with Gasteiger partial charge in [0.2, 0.25) is 0 Å². The van der Waals surface area contributed by atoms with E-state index in [-0.39, 0.29) is 56.3 Å². The van der Waals surface area contributed by atoms with Gasteiger partial charge in [0.25, 0.3) is 0 Å². The summed E-state index contributed by atoms with van der Waals surface area (Å²) in [5, 5.41) is 15.2. The molecular weight excluding hydrogens is 111 g/mol. The Morgan fingerprint density at radius 1 is 1.00 bits per heavy atom. The van der Waals surface area contributed by atoms with Gasteiger partial charge in [-0.3, -0.25) is 0 Å². The monoisotopic (exact) mass is 120 g/mol. The molecule has 0 bridgehead atoms. The topological polar surface area (TPSA) is 40.5 Å². The average molecular weight is 120 g/mol. The van der Waals surface area contributed by atoms with Crippen molar-refractivity contribution in [3.8, 4) is 0 Å². The molecule has 0 heterocycles. The Hall–Kier alpha value is 1.27. The van der Waals surface area contributed by atoms with Crippen molar-refractivity contribution in [3.63, 3.8) is 0 Å². The first kappa shape index (κ1) is 15.7. The van der Waals surface area contributed by atoms with Gasteiger partial charge in [-0.1, -0.05) is 0 Å². The van der Waals surface area contributed by atoms with Gasteiger partial charge in [-0.2, -0.15) is 13.5 Å². The predicted molar refractivity (Wildman–Crippen MR) is 31.7 cm³/mol. The van der Waals surface area contributed by atoms with Crippen LogP contribution in [0.25, 0.3) is 0 Å². The molecule has 2 nitrogen and oxygen atoms in total.